The molecule has 20 heavy (non-hydrogen) atoms. The van der Waals surface area contributed by atoms with Crippen LogP contribution in [0.25, 0.3) is 11.1 Å². The summed E-state index contributed by atoms with van der Waals surface area (Å²) in [6, 6.07) is 21.9. The third-order valence-electron chi connectivity index (χ3n) is 3.08. The molecule has 1 aromatic heterocycles. The van der Waals surface area contributed by atoms with E-state index in [-0.39, 0.29) is 0 Å². The van der Waals surface area contributed by atoms with Gasteiger partial charge in [0.1, 0.15) is 11.5 Å². The number of hydrogen-bond acceptors (Lipinski definition) is 2. The van der Waals surface area contributed by atoms with Crippen molar-refractivity contribution in [3.63, 3.8) is 0 Å². The van der Waals surface area contributed by atoms with Gasteiger partial charge in [-0.25, -0.2) is 0 Å². The lowest BCUT2D eigenvalue weighted by Gasteiger charge is -2.11. The smallest absolute Gasteiger partial charge is 0.135 e. The molecule has 98 valence electrons. The van der Waals surface area contributed by atoms with Crippen LogP contribution in [-0.2, 0) is 0 Å². The van der Waals surface area contributed by atoms with Crippen LogP contribution in [0.3, 0.4) is 0 Å². The fourth-order valence-corrected chi connectivity index (χ4v) is 2.04. The first-order valence-electron chi connectivity index (χ1n) is 6.58. The van der Waals surface area contributed by atoms with Gasteiger partial charge in [0.25, 0.3) is 0 Å². The second kappa shape index (κ2) is 5.57. The molecule has 3 aromatic rings. The van der Waals surface area contributed by atoms with Gasteiger partial charge in [-0.2, -0.15) is 0 Å². The molecule has 2 nitrogen and oxygen atoms in total. The van der Waals surface area contributed by atoms with Crippen LogP contribution in [0.1, 0.15) is 5.69 Å². The Morgan fingerprint density at radius 1 is 0.800 bits per heavy atom. The van der Waals surface area contributed by atoms with Gasteiger partial charge < -0.3 is 4.74 Å². The van der Waals surface area contributed by atoms with E-state index in [1.165, 1.54) is 0 Å². The van der Waals surface area contributed by atoms with Crippen LogP contribution in [-0.4, -0.2) is 4.98 Å². The Morgan fingerprint density at radius 3 is 2.30 bits per heavy atom. The van der Waals surface area contributed by atoms with Gasteiger partial charge in [0, 0.05) is 23.0 Å². The normalized spacial score (nSPS) is 10.2. The molecule has 0 N–H and O–H groups in total. The van der Waals surface area contributed by atoms with Gasteiger partial charge in [0.2, 0.25) is 0 Å². The summed E-state index contributed by atoms with van der Waals surface area (Å²) in [5.41, 5.74) is 3.11. The Labute approximate surface area is 118 Å². The average molecular weight is 261 g/mol. The highest BCUT2D eigenvalue weighted by Gasteiger charge is 2.06. The topological polar surface area (TPSA) is 22.1 Å². The zero-order chi connectivity index (χ0) is 13.8. The third-order valence-corrected chi connectivity index (χ3v) is 3.08. The maximum Gasteiger partial charge on any atom is 0.135 e. The number of benzene rings is 2. The Kier molecular flexibility index (Phi) is 3.46. The Morgan fingerprint density at radius 2 is 1.55 bits per heavy atom. The molecule has 0 fully saturated rings. The number of pyridine rings is 1. The molecule has 0 radical (unpaired) electrons. The lowest BCUT2D eigenvalue weighted by molar-refractivity contribution is 0.484. The monoisotopic (exact) mass is 261 g/mol. The van der Waals surface area contributed by atoms with E-state index < -0.39 is 0 Å². The highest BCUT2D eigenvalue weighted by Crippen LogP contribution is 2.32. The zero-order valence-corrected chi connectivity index (χ0v) is 11.3. The maximum absolute atomic E-state index is 5.97. The van der Waals surface area contributed by atoms with Crippen molar-refractivity contribution in [3.8, 4) is 22.6 Å². The SMILES string of the molecule is Cc1ccc(-c2ccccc2Oc2ccccc2)cn1. The van der Waals surface area contributed by atoms with Gasteiger partial charge in [-0.05, 0) is 31.2 Å². The number of rotatable bonds is 3. The lowest BCUT2D eigenvalue weighted by Crippen LogP contribution is -1.89. The van der Waals surface area contributed by atoms with Crippen LogP contribution in [0.5, 0.6) is 11.5 Å². The number of hydrogen-bond donors (Lipinski definition) is 0. The van der Waals surface area contributed by atoms with Crippen LogP contribution >= 0.6 is 0 Å². The predicted molar refractivity (Wildman–Crippen MR) is 80.9 cm³/mol. The minimum absolute atomic E-state index is 0.833. The fourth-order valence-electron chi connectivity index (χ4n) is 2.04. The van der Waals surface area contributed by atoms with Crippen molar-refractivity contribution in [2.75, 3.05) is 0 Å². The van der Waals surface area contributed by atoms with E-state index in [1.54, 1.807) is 0 Å². The van der Waals surface area contributed by atoms with Gasteiger partial charge in [0.05, 0.1) is 0 Å². The molecule has 0 saturated carbocycles. The van der Waals surface area contributed by atoms with E-state index in [9.17, 15) is 0 Å². The molecular weight excluding hydrogens is 246 g/mol. The highest BCUT2D eigenvalue weighted by atomic mass is 16.5. The summed E-state index contributed by atoms with van der Waals surface area (Å²) in [6.07, 6.45) is 1.88. The highest BCUT2D eigenvalue weighted by molar-refractivity contribution is 5.70. The maximum atomic E-state index is 5.97. The van der Waals surface area contributed by atoms with Crippen molar-refractivity contribution < 1.29 is 4.74 Å². The molecule has 0 aliphatic heterocycles. The number of aromatic nitrogens is 1. The summed E-state index contributed by atoms with van der Waals surface area (Å²) in [5, 5.41) is 0. The van der Waals surface area contributed by atoms with Gasteiger partial charge in [0.15, 0.2) is 0 Å². The minimum Gasteiger partial charge on any atom is -0.457 e. The standard InChI is InChI=1S/C18H15NO/c1-14-11-12-15(13-19-14)17-9-5-6-10-18(17)20-16-7-3-2-4-8-16/h2-13H,1H3. The van der Waals surface area contributed by atoms with E-state index in [0.29, 0.717) is 0 Å². The van der Waals surface area contributed by atoms with Gasteiger partial charge in [-0.1, -0.05) is 42.5 Å². The number of ether oxygens (including phenoxy) is 1. The summed E-state index contributed by atoms with van der Waals surface area (Å²) in [6.45, 7) is 1.98. The molecule has 2 heteroatoms. The molecule has 2 aromatic carbocycles. The van der Waals surface area contributed by atoms with E-state index in [2.05, 4.69) is 11.1 Å². The molecule has 3 rings (SSSR count). The number of aryl methyl sites for hydroxylation is 1. The first-order valence-corrected chi connectivity index (χ1v) is 6.58. The third kappa shape index (κ3) is 2.69. The fraction of sp³-hybridized carbons (Fsp3) is 0.0556. The molecule has 1 heterocycles. The second-order valence-corrected chi connectivity index (χ2v) is 4.60. The lowest BCUT2D eigenvalue weighted by atomic mass is 10.1. The number of para-hydroxylation sites is 2. The molecule has 0 spiro atoms. The Bertz CT molecular complexity index is 690. The summed E-state index contributed by atoms with van der Waals surface area (Å²) < 4.78 is 5.97. The van der Waals surface area contributed by atoms with Crippen LogP contribution in [0, 0.1) is 6.92 Å². The Balaban J connectivity index is 1.98. The van der Waals surface area contributed by atoms with E-state index in [0.717, 1.165) is 28.3 Å². The van der Waals surface area contributed by atoms with E-state index >= 15 is 0 Å². The van der Waals surface area contributed by atoms with Gasteiger partial charge in [-0.3, -0.25) is 4.98 Å². The molecule has 0 saturated heterocycles. The first kappa shape index (κ1) is 12.4. The first-order chi connectivity index (χ1) is 9.83. The minimum atomic E-state index is 0.833. The predicted octanol–water partition coefficient (Wildman–Crippen LogP) is 4.85. The van der Waals surface area contributed by atoms with Crippen LogP contribution in [0.4, 0.5) is 0 Å². The zero-order valence-electron chi connectivity index (χ0n) is 11.3. The van der Waals surface area contributed by atoms with Gasteiger partial charge >= 0.3 is 0 Å². The molecule has 0 bridgehead atoms. The second-order valence-electron chi connectivity index (χ2n) is 4.60. The summed E-state index contributed by atoms with van der Waals surface area (Å²) in [4.78, 5) is 4.35. The largest absolute Gasteiger partial charge is 0.457 e. The molecular formula is C18H15NO. The number of nitrogens with zero attached hydrogens (tertiary/aromatic N) is 1. The van der Waals surface area contributed by atoms with Crippen molar-refractivity contribution in [2.45, 2.75) is 6.92 Å². The summed E-state index contributed by atoms with van der Waals surface area (Å²) >= 11 is 0. The molecule has 0 atom stereocenters. The van der Waals surface area contributed by atoms with Crippen molar-refractivity contribution in [1.82, 2.24) is 4.98 Å². The van der Waals surface area contributed by atoms with E-state index in [1.807, 2.05) is 73.8 Å². The average Bonchev–Trinajstić information content (AvgIpc) is 2.50. The molecule has 0 aliphatic rings. The van der Waals surface area contributed by atoms with Crippen molar-refractivity contribution in [2.24, 2.45) is 0 Å². The molecule has 0 aliphatic carbocycles. The van der Waals surface area contributed by atoms with Crippen LogP contribution < -0.4 is 4.74 Å². The van der Waals surface area contributed by atoms with Crippen LogP contribution in [0.2, 0.25) is 0 Å². The van der Waals surface area contributed by atoms with Crippen LogP contribution in [0.15, 0.2) is 72.9 Å². The van der Waals surface area contributed by atoms with E-state index in [4.69, 9.17) is 4.74 Å². The quantitative estimate of drug-likeness (QED) is 0.672. The summed E-state index contributed by atoms with van der Waals surface area (Å²) in [5.74, 6) is 1.67. The molecule has 0 amide bonds. The van der Waals surface area contributed by atoms with Crippen molar-refractivity contribution >= 4 is 0 Å². The van der Waals surface area contributed by atoms with Gasteiger partial charge in [-0.15, -0.1) is 0 Å². The van der Waals surface area contributed by atoms with Crippen molar-refractivity contribution in [3.05, 3.63) is 78.6 Å². The summed E-state index contributed by atoms with van der Waals surface area (Å²) in [7, 11) is 0. The Hall–Kier alpha value is -2.61. The molecule has 0 unspecified atom stereocenters. The van der Waals surface area contributed by atoms with Crippen molar-refractivity contribution in [1.29, 1.82) is 0 Å².